The molecule has 0 radical (unpaired) electrons. The van der Waals surface area contributed by atoms with Crippen LogP contribution >= 0.6 is 0 Å². The van der Waals surface area contributed by atoms with E-state index in [-0.39, 0.29) is 26.5 Å². The number of ether oxygens (including phenoxy) is 1. The first kappa shape index (κ1) is 44.5. The fourth-order valence-corrected chi connectivity index (χ4v) is 9.70. The minimum Gasteiger partial charge on any atom is -0.503 e. The molecule has 0 saturated carbocycles. The van der Waals surface area contributed by atoms with E-state index in [1.165, 1.54) is 10.9 Å². The molecule has 0 fully saturated rings. The molecule has 2 aromatic heterocycles. The number of aromatic nitrogens is 3. The minimum absolute atomic E-state index is 0. The molecule has 0 amide bonds. The third kappa shape index (κ3) is 8.15. The van der Waals surface area contributed by atoms with Gasteiger partial charge in [-0.15, -0.1) is 76.9 Å². The van der Waals surface area contributed by atoms with Gasteiger partial charge in [0.1, 0.15) is 0 Å². The molecule has 0 atom stereocenters. The van der Waals surface area contributed by atoms with Gasteiger partial charge < -0.3 is 13.9 Å². The van der Waals surface area contributed by atoms with E-state index in [0.717, 1.165) is 89.0 Å². The molecular weight excluding hydrogens is 1030 g/mol. The van der Waals surface area contributed by atoms with E-state index in [9.17, 15) is 0 Å². The van der Waals surface area contributed by atoms with Gasteiger partial charge in [0.2, 0.25) is 0 Å². The number of hydrogen-bond acceptors (Lipinski definition) is 1. The third-order valence-electron chi connectivity index (χ3n) is 13.0. The Morgan fingerprint density at radius 3 is 1.79 bits per heavy atom. The quantitative estimate of drug-likeness (QED) is 0.104. The second kappa shape index (κ2) is 18.5. The maximum atomic E-state index is 6.73. The van der Waals surface area contributed by atoms with E-state index in [1.54, 1.807) is 0 Å². The average molecular weight is 1080 g/mol. The van der Waals surface area contributed by atoms with Crippen molar-refractivity contribution in [3.8, 4) is 73.1 Å². The van der Waals surface area contributed by atoms with Crippen molar-refractivity contribution in [3.63, 3.8) is 0 Å². The van der Waals surface area contributed by atoms with Crippen LogP contribution in [0.15, 0.2) is 224 Å². The topological polar surface area (TPSA) is 23.0 Å². The van der Waals surface area contributed by atoms with Gasteiger partial charge in [-0.25, -0.2) is 0 Å². The van der Waals surface area contributed by atoms with Crippen molar-refractivity contribution in [2.45, 2.75) is 26.2 Å². The van der Waals surface area contributed by atoms with E-state index in [1.807, 2.05) is 24.3 Å². The van der Waals surface area contributed by atoms with Gasteiger partial charge in [-0.2, -0.15) is 17.7 Å². The summed E-state index contributed by atoms with van der Waals surface area (Å²) < 4.78 is 13.4. The summed E-state index contributed by atoms with van der Waals surface area (Å²) in [7, 11) is 0. The van der Waals surface area contributed by atoms with Crippen molar-refractivity contribution in [1.29, 1.82) is 0 Å². The molecule has 5 heteroatoms. The fraction of sp³-hybridized carbons (Fsp3) is 0.0615. The second-order valence-corrected chi connectivity index (χ2v) is 18.5. The van der Waals surface area contributed by atoms with Crippen molar-refractivity contribution < 1.29 is 30.4 Å². The number of imidazole rings is 1. The van der Waals surface area contributed by atoms with Crippen LogP contribution in [0.4, 0.5) is 0 Å². The van der Waals surface area contributed by atoms with Gasteiger partial charge in [-0.05, 0) is 56.9 Å². The summed E-state index contributed by atoms with van der Waals surface area (Å²) in [4.78, 5) is 0. The first-order chi connectivity index (χ1) is 33.9. The Hall–Kier alpha value is -8.04. The van der Waals surface area contributed by atoms with Gasteiger partial charge in [0.25, 0.3) is 6.33 Å². The van der Waals surface area contributed by atoms with Gasteiger partial charge in [0.15, 0.2) is 0 Å². The summed E-state index contributed by atoms with van der Waals surface area (Å²) in [5.74, 6) is 1.16. The van der Waals surface area contributed by atoms with Crippen LogP contribution in [0.3, 0.4) is 0 Å². The molecule has 12 aromatic rings. The van der Waals surface area contributed by atoms with Crippen molar-refractivity contribution >= 4 is 32.8 Å². The van der Waals surface area contributed by atoms with Gasteiger partial charge in [-0.1, -0.05) is 178 Å². The van der Waals surface area contributed by atoms with Crippen LogP contribution in [-0.2, 0) is 26.5 Å². The van der Waals surface area contributed by atoms with Crippen LogP contribution in [0.5, 0.6) is 11.5 Å². The Kier molecular flexibility index (Phi) is 11.7. The Balaban J connectivity index is 0.00000533. The number of para-hydroxylation sites is 5. The van der Waals surface area contributed by atoms with Crippen molar-refractivity contribution in [2.24, 2.45) is 0 Å². The summed E-state index contributed by atoms with van der Waals surface area (Å²) in [6.45, 7) is 6.77. The summed E-state index contributed by atoms with van der Waals surface area (Å²) in [5.41, 5.74) is 17.0. The van der Waals surface area contributed by atoms with Crippen LogP contribution in [0.1, 0.15) is 26.3 Å². The molecule has 336 valence electrons. The molecule has 0 aliphatic heterocycles. The fourth-order valence-electron chi connectivity index (χ4n) is 9.70. The SMILES string of the molecule is CC(C)(C)c1cc[c-]c(-c2cc3c(cc2-c2[c-]c(Oc4[c-]c(-n5[c-][n+](-c6c(-c7ccccc7)cccc6-c6ccccc6)c6ccccc65)ccc4)ccc2)c2ccccc2n3-c2ccccc2)c1.[Pt+4]. The van der Waals surface area contributed by atoms with E-state index in [0.29, 0.717) is 11.5 Å². The molecule has 12 rings (SSSR count). The Labute approximate surface area is 423 Å². The molecule has 0 bridgehead atoms. The second-order valence-electron chi connectivity index (χ2n) is 18.5. The summed E-state index contributed by atoms with van der Waals surface area (Å²) >= 11 is 0. The zero-order valence-corrected chi connectivity index (χ0v) is 41.2. The predicted molar refractivity (Wildman–Crippen MR) is 281 cm³/mol. The zero-order valence-electron chi connectivity index (χ0n) is 38.9. The van der Waals surface area contributed by atoms with E-state index < -0.39 is 0 Å². The molecule has 2 heterocycles. The Morgan fingerprint density at radius 2 is 1.07 bits per heavy atom. The first-order valence-electron chi connectivity index (χ1n) is 23.4. The molecular formula is C65H46N3OPt+. The summed E-state index contributed by atoms with van der Waals surface area (Å²) in [6.07, 6.45) is 3.77. The van der Waals surface area contributed by atoms with Crippen LogP contribution < -0.4 is 9.30 Å². The molecule has 70 heavy (non-hydrogen) atoms. The molecule has 0 N–H and O–H groups in total. The van der Waals surface area contributed by atoms with Crippen LogP contribution in [0.25, 0.3) is 94.4 Å². The smallest absolute Gasteiger partial charge is 0.503 e. The van der Waals surface area contributed by atoms with Crippen LogP contribution in [0.2, 0.25) is 0 Å². The van der Waals surface area contributed by atoms with Crippen LogP contribution in [0, 0.1) is 24.5 Å². The van der Waals surface area contributed by atoms with E-state index in [4.69, 9.17) is 4.74 Å². The molecule has 4 nitrogen and oxygen atoms in total. The maximum Gasteiger partial charge on any atom is 4.00 e. The third-order valence-corrected chi connectivity index (χ3v) is 13.0. The molecule has 10 aromatic carbocycles. The van der Waals surface area contributed by atoms with Crippen LogP contribution in [-0.4, -0.2) is 9.13 Å². The summed E-state index contributed by atoms with van der Waals surface area (Å²) in [5, 5.41) is 2.35. The van der Waals surface area contributed by atoms with Gasteiger partial charge in [-0.3, -0.25) is 4.57 Å². The largest absolute Gasteiger partial charge is 4.00 e. The van der Waals surface area contributed by atoms with E-state index in [2.05, 4.69) is 259 Å². The first-order valence-corrected chi connectivity index (χ1v) is 23.4. The Morgan fingerprint density at radius 1 is 0.471 bits per heavy atom. The van der Waals surface area contributed by atoms with E-state index >= 15 is 0 Å². The van der Waals surface area contributed by atoms with Crippen molar-refractivity contribution in [3.05, 3.63) is 255 Å². The standard InChI is InChI=1S/C65H46N3O.Pt/c1-65(2,3)49-27-17-25-47(39-49)58-43-63-59(56-33-13-14-36-60(56)68(63)50-28-11-6-12-29-50)42-57(58)48-26-18-31-52(40-48)69-53-32-19-30-51(41-53)66-44-67(62-38-16-15-37-61(62)66)64-54(45-21-7-4-8-22-45)34-20-35-55(64)46-23-9-5-10-24-46;/h4-24,26-39,42-43H,1-3H3;/q-3;+4. The van der Waals surface area contributed by atoms with Crippen molar-refractivity contribution in [2.75, 3.05) is 0 Å². The van der Waals surface area contributed by atoms with Gasteiger partial charge in [0.05, 0.1) is 22.2 Å². The maximum absolute atomic E-state index is 6.73. The number of hydrogen-bond donors (Lipinski definition) is 0. The molecule has 0 spiro atoms. The molecule has 0 unspecified atom stereocenters. The number of fused-ring (bicyclic) bond motifs is 4. The molecule has 0 aliphatic carbocycles. The molecule has 0 aliphatic rings. The van der Waals surface area contributed by atoms with Gasteiger partial charge >= 0.3 is 21.1 Å². The number of nitrogens with zero attached hydrogens (tertiary/aromatic N) is 3. The Bertz CT molecular complexity index is 3790. The zero-order chi connectivity index (χ0) is 46.5. The minimum atomic E-state index is -0.0410. The van der Waals surface area contributed by atoms with Crippen molar-refractivity contribution in [1.82, 2.24) is 9.13 Å². The monoisotopic (exact) mass is 1080 g/mol. The normalized spacial score (nSPS) is 11.5. The van der Waals surface area contributed by atoms with Gasteiger partial charge in [0, 0.05) is 28.1 Å². The number of rotatable bonds is 9. The predicted octanol–water partition coefficient (Wildman–Crippen LogP) is 16.0. The summed E-state index contributed by atoms with van der Waals surface area (Å²) in [6, 6.07) is 89.6. The molecule has 0 saturated heterocycles. The average Bonchev–Trinajstić information content (AvgIpc) is 3.95. The number of benzene rings is 10.